The molecule has 1 heterocycles. The summed E-state index contributed by atoms with van der Waals surface area (Å²) in [5, 5.41) is 8.69. The zero-order valence-corrected chi connectivity index (χ0v) is 15.2. The van der Waals surface area contributed by atoms with E-state index in [9.17, 15) is 0 Å². The number of nitriles is 1. The average molecular weight is 331 g/mol. The Bertz CT molecular complexity index is 322. The molecule has 1 rings (SSSR count). The monoisotopic (exact) mass is 331 g/mol. The van der Waals surface area contributed by atoms with Crippen LogP contribution in [0.15, 0.2) is 0 Å². The van der Waals surface area contributed by atoms with Crippen molar-refractivity contribution in [2.24, 2.45) is 0 Å². The van der Waals surface area contributed by atoms with Crippen LogP contribution in [0, 0.1) is 11.3 Å². The highest BCUT2D eigenvalue weighted by Crippen LogP contribution is 2.45. The first-order valence-corrected chi connectivity index (χ1v) is 9.20. The summed E-state index contributed by atoms with van der Waals surface area (Å²) in [6.45, 7) is 14.1. The molecule has 22 heavy (non-hydrogen) atoms. The van der Waals surface area contributed by atoms with Gasteiger partial charge in [0.2, 0.25) is 0 Å². The third-order valence-corrected chi connectivity index (χ3v) is 5.48. The number of hydrogen-bond donors (Lipinski definition) is 0. The average Bonchev–Trinajstić information content (AvgIpc) is 2.47. The van der Waals surface area contributed by atoms with E-state index in [4.69, 9.17) is 19.0 Å². The number of rotatable bonds is 10. The van der Waals surface area contributed by atoms with E-state index in [1.54, 1.807) is 0 Å². The lowest BCUT2D eigenvalue weighted by Gasteiger charge is -2.36. The maximum absolute atomic E-state index is 8.69. The molecule has 0 spiro atoms. The highest BCUT2D eigenvalue weighted by Gasteiger charge is 2.27. The number of hydrogen-bond acceptors (Lipinski definition) is 6. The van der Waals surface area contributed by atoms with E-state index < -0.39 is 8.53 Å². The molecular weight excluding hydrogens is 301 g/mol. The largest absolute Gasteiger partial charge is 0.379 e. The summed E-state index contributed by atoms with van der Waals surface area (Å²) in [6.07, 6.45) is 0.398. The molecular formula is C15H30N3O3P. The van der Waals surface area contributed by atoms with Crippen molar-refractivity contribution < 1.29 is 13.8 Å². The SMILES string of the molecule is CC(C)N(C(C)C)P(OCCC#N)OCCN1CCOCC1. The molecule has 0 saturated carbocycles. The van der Waals surface area contributed by atoms with E-state index in [0.29, 0.717) is 31.7 Å². The molecule has 0 amide bonds. The molecule has 0 bridgehead atoms. The second-order valence-corrected chi connectivity index (χ2v) is 7.29. The van der Waals surface area contributed by atoms with Gasteiger partial charge in [0, 0.05) is 31.7 Å². The Balaban J connectivity index is 2.46. The Morgan fingerprint density at radius 2 is 1.73 bits per heavy atom. The summed E-state index contributed by atoms with van der Waals surface area (Å²) in [7, 11) is -1.12. The Hall–Kier alpha value is -0.280. The van der Waals surface area contributed by atoms with Crippen LogP contribution < -0.4 is 0 Å². The zero-order valence-electron chi connectivity index (χ0n) is 14.3. The van der Waals surface area contributed by atoms with Gasteiger partial charge >= 0.3 is 0 Å². The predicted octanol–water partition coefficient (Wildman–Crippen LogP) is 2.61. The Kier molecular flexibility index (Phi) is 10.1. The minimum atomic E-state index is -1.12. The van der Waals surface area contributed by atoms with Crippen LogP contribution in [-0.4, -0.2) is 67.7 Å². The van der Waals surface area contributed by atoms with Gasteiger partial charge in [0.05, 0.1) is 38.9 Å². The lowest BCUT2D eigenvalue weighted by molar-refractivity contribution is 0.0309. The smallest absolute Gasteiger partial charge is 0.259 e. The predicted molar refractivity (Wildman–Crippen MR) is 88.4 cm³/mol. The minimum Gasteiger partial charge on any atom is -0.379 e. The molecule has 0 aromatic rings. The van der Waals surface area contributed by atoms with E-state index in [1.165, 1.54) is 0 Å². The summed E-state index contributed by atoms with van der Waals surface area (Å²) in [5.41, 5.74) is 0. The molecule has 6 nitrogen and oxygen atoms in total. The Labute approximate surface area is 136 Å². The Morgan fingerprint density at radius 1 is 1.14 bits per heavy atom. The van der Waals surface area contributed by atoms with Crippen molar-refractivity contribution >= 4 is 8.53 Å². The maximum Gasteiger partial charge on any atom is 0.259 e. The van der Waals surface area contributed by atoms with Crippen LogP contribution in [0.3, 0.4) is 0 Å². The first-order chi connectivity index (χ1) is 10.6. The molecule has 0 aromatic heterocycles. The van der Waals surface area contributed by atoms with Crippen molar-refractivity contribution in [1.29, 1.82) is 5.26 Å². The van der Waals surface area contributed by atoms with Crippen molar-refractivity contribution in [1.82, 2.24) is 9.57 Å². The molecule has 1 aliphatic heterocycles. The van der Waals surface area contributed by atoms with Crippen LogP contribution >= 0.6 is 8.53 Å². The lowest BCUT2D eigenvalue weighted by Crippen LogP contribution is -2.39. The van der Waals surface area contributed by atoms with Crippen molar-refractivity contribution in [2.45, 2.75) is 46.2 Å². The molecule has 0 aliphatic carbocycles. The van der Waals surface area contributed by atoms with Gasteiger partial charge in [0.15, 0.2) is 0 Å². The van der Waals surface area contributed by atoms with Gasteiger partial charge in [-0.25, -0.2) is 4.67 Å². The van der Waals surface area contributed by atoms with Gasteiger partial charge in [-0.15, -0.1) is 0 Å². The normalized spacial score (nSPS) is 18.1. The summed E-state index contributed by atoms with van der Waals surface area (Å²) in [6, 6.07) is 2.81. The van der Waals surface area contributed by atoms with Gasteiger partial charge in [-0.05, 0) is 27.7 Å². The summed E-state index contributed by atoms with van der Waals surface area (Å²) in [4.78, 5) is 2.35. The van der Waals surface area contributed by atoms with Crippen molar-refractivity contribution in [3.8, 4) is 6.07 Å². The molecule has 128 valence electrons. The third kappa shape index (κ3) is 7.32. The molecule has 1 unspecified atom stereocenters. The van der Waals surface area contributed by atoms with Gasteiger partial charge < -0.3 is 13.8 Å². The van der Waals surface area contributed by atoms with Crippen LogP contribution in [0.5, 0.6) is 0 Å². The van der Waals surface area contributed by atoms with Crippen LogP contribution in [0.1, 0.15) is 34.1 Å². The maximum atomic E-state index is 8.69. The number of nitrogens with zero attached hydrogens (tertiary/aromatic N) is 3. The summed E-state index contributed by atoms with van der Waals surface area (Å²) >= 11 is 0. The molecule has 7 heteroatoms. The van der Waals surface area contributed by atoms with Crippen LogP contribution in [-0.2, 0) is 13.8 Å². The molecule has 1 saturated heterocycles. The van der Waals surface area contributed by atoms with Crippen LogP contribution in [0.2, 0.25) is 0 Å². The minimum absolute atomic E-state index is 0.344. The first-order valence-electron chi connectivity index (χ1n) is 8.07. The van der Waals surface area contributed by atoms with Gasteiger partial charge in [0.1, 0.15) is 0 Å². The van der Waals surface area contributed by atoms with Crippen molar-refractivity contribution in [3.05, 3.63) is 0 Å². The van der Waals surface area contributed by atoms with Crippen LogP contribution in [0.25, 0.3) is 0 Å². The fourth-order valence-electron chi connectivity index (χ4n) is 2.39. The summed E-state index contributed by atoms with van der Waals surface area (Å²) in [5.74, 6) is 0. The van der Waals surface area contributed by atoms with Crippen molar-refractivity contribution in [2.75, 3.05) is 46.1 Å². The second-order valence-electron chi connectivity index (χ2n) is 5.83. The quantitative estimate of drug-likeness (QED) is 0.453. The fourth-order valence-corrected chi connectivity index (χ4v) is 3.97. The van der Waals surface area contributed by atoms with Crippen LogP contribution in [0.4, 0.5) is 0 Å². The van der Waals surface area contributed by atoms with E-state index in [1.807, 2.05) is 0 Å². The Morgan fingerprint density at radius 3 is 2.27 bits per heavy atom. The highest BCUT2D eigenvalue weighted by molar-refractivity contribution is 7.44. The molecule has 1 fully saturated rings. The second kappa shape index (κ2) is 11.3. The van der Waals surface area contributed by atoms with Gasteiger partial charge in [-0.2, -0.15) is 5.26 Å². The lowest BCUT2D eigenvalue weighted by atomic mass is 10.3. The highest BCUT2D eigenvalue weighted by atomic mass is 31.2. The molecule has 0 N–H and O–H groups in total. The van der Waals surface area contributed by atoms with E-state index in [2.05, 4.69) is 43.3 Å². The van der Waals surface area contributed by atoms with Gasteiger partial charge in [-0.3, -0.25) is 4.90 Å². The topological polar surface area (TPSA) is 58.0 Å². The summed E-state index contributed by atoms with van der Waals surface area (Å²) < 4.78 is 19.5. The molecule has 1 atom stereocenters. The molecule has 0 radical (unpaired) electrons. The van der Waals surface area contributed by atoms with Gasteiger partial charge in [0.25, 0.3) is 8.53 Å². The number of ether oxygens (including phenoxy) is 1. The third-order valence-electron chi connectivity index (χ3n) is 3.38. The number of morpholine rings is 1. The first kappa shape index (κ1) is 19.8. The fraction of sp³-hybridized carbons (Fsp3) is 0.933. The van der Waals surface area contributed by atoms with E-state index in [-0.39, 0.29) is 0 Å². The standard InChI is InChI=1S/C15H30N3O3P/c1-14(2)18(15(3)4)22(20-10-5-6-16)21-13-9-17-7-11-19-12-8-17/h14-15H,5,7-13H2,1-4H3. The van der Waals surface area contributed by atoms with E-state index >= 15 is 0 Å². The van der Waals surface area contributed by atoms with E-state index in [0.717, 1.165) is 32.8 Å². The van der Waals surface area contributed by atoms with Crippen molar-refractivity contribution in [3.63, 3.8) is 0 Å². The zero-order chi connectivity index (χ0) is 16.4. The molecule has 0 aromatic carbocycles. The molecule has 1 aliphatic rings. The van der Waals surface area contributed by atoms with Gasteiger partial charge in [-0.1, -0.05) is 0 Å².